The lowest BCUT2D eigenvalue weighted by atomic mass is 9.86. The molecular weight excluding hydrogens is 238 g/mol. The van der Waals surface area contributed by atoms with Crippen molar-refractivity contribution in [3.8, 4) is 0 Å². The zero-order valence-corrected chi connectivity index (χ0v) is 12.6. The van der Waals surface area contributed by atoms with E-state index in [-0.39, 0.29) is 17.2 Å². The predicted octanol–water partition coefficient (Wildman–Crippen LogP) is 2.56. The quantitative estimate of drug-likeness (QED) is 0.824. The Balaban J connectivity index is 2.48. The standard InChI is InChI=1S/C15H27N3O/c1-5-7-18-8-6-17-14(18)10-13(19)9-12(16)11-15(2,3)4/h6,8,12H,5,7,9-11,16H2,1-4H3. The van der Waals surface area contributed by atoms with Gasteiger partial charge in [-0.25, -0.2) is 4.98 Å². The molecule has 0 amide bonds. The molecule has 108 valence electrons. The van der Waals surface area contributed by atoms with Gasteiger partial charge >= 0.3 is 0 Å². The van der Waals surface area contributed by atoms with Crippen molar-refractivity contribution < 1.29 is 4.79 Å². The molecule has 2 N–H and O–H groups in total. The highest BCUT2D eigenvalue weighted by Gasteiger charge is 2.19. The number of nitrogens with zero attached hydrogens (tertiary/aromatic N) is 2. The van der Waals surface area contributed by atoms with Crippen LogP contribution < -0.4 is 5.73 Å². The average Bonchev–Trinajstić information content (AvgIpc) is 2.62. The minimum atomic E-state index is -0.0536. The number of Topliss-reactive ketones (excluding diaryl/α,β-unsaturated/α-hetero) is 1. The summed E-state index contributed by atoms with van der Waals surface area (Å²) in [7, 11) is 0. The second-order valence-corrected chi connectivity index (χ2v) is 6.48. The molecule has 0 saturated carbocycles. The molecule has 0 fully saturated rings. The Morgan fingerprint density at radius 2 is 2.16 bits per heavy atom. The molecule has 0 aliphatic heterocycles. The van der Waals surface area contributed by atoms with Gasteiger partial charge in [0.1, 0.15) is 11.6 Å². The fourth-order valence-corrected chi connectivity index (χ4v) is 2.35. The van der Waals surface area contributed by atoms with Gasteiger partial charge in [0.05, 0.1) is 6.42 Å². The molecule has 1 aromatic heterocycles. The second kappa shape index (κ2) is 6.85. The van der Waals surface area contributed by atoms with Crippen molar-refractivity contribution in [2.75, 3.05) is 0 Å². The highest BCUT2D eigenvalue weighted by molar-refractivity contribution is 5.80. The smallest absolute Gasteiger partial charge is 0.141 e. The maximum atomic E-state index is 12.0. The molecule has 1 unspecified atom stereocenters. The van der Waals surface area contributed by atoms with Crippen LogP contribution in [0.25, 0.3) is 0 Å². The first-order chi connectivity index (χ1) is 8.81. The van der Waals surface area contributed by atoms with E-state index >= 15 is 0 Å². The third-order valence-corrected chi connectivity index (χ3v) is 2.99. The summed E-state index contributed by atoms with van der Waals surface area (Å²) in [5.41, 5.74) is 6.21. The molecule has 1 heterocycles. The van der Waals surface area contributed by atoms with E-state index in [1.165, 1.54) is 0 Å². The van der Waals surface area contributed by atoms with Crippen molar-refractivity contribution in [2.24, 2.45) is 11.1 Å². The van der Waals surface area contributed by atoms with Gasteiger partial charge in [0.25, 0.3) is 0 Å². The van der Waals surface area contributed by atoms with E-state index in [4.69, 9.17) is 5.73 Å². The molecule has 0 bridgehead atoms. The minimum Gasteiger partial charge on any atom is -0.335 e. The molecule has 0 aromatic carbocycles. The van der Waals surface area contributed by atoms with E-state index < -0.39 is 0 Å². The third-order valence-electron chi connectivity index (χ3n) is 2.99. The maximum Gasteiger partial charge on any atom is 0.141 e. The van der Waals surface area contributed by atoms with E-state index in [1.54, 1.807) is 6.20 Å². The Labute approximate surface area is 116 Å². The van der Waals surface area contributed by atoms with E-state index in [2.05, 4.69) is 32.7 Å². The van der Waals surface area contributed by atoms with E-state index in [0.717, 1.165) is 25.2 Å². The van der Waals surface area contributed by atoms with Gasteiger partial charge in [0.15, 0.2) is 0 Å². The van der Waals surface area contributed by atoms with Crippen LogP contribution in [-0.2, 0) is 17.8 Å². The number of nitrogens with two attached hydrogens (primary N) is 1. The zero-order valence-electron chi connectivity index (χ0n) is 12.6. The molecule has 1 atom stereocenters. The largest absolute Gasteiger partial charge is 0.335 e. The fourth-order valence-electron chi connectivity index (χ4n) is 2.35. The first-order valence-corrected chi connectivity index (χ1v) is 7.09. The fraction of sp³-hybridized carbons (Fsp3) is 0.733. The summed E-state index contributed by atoms with van der Waals surface area (Å²) in [6, 6.07) is -0.0536. The first kappa shape index (κ1) is 15.9. The Morgan fingerprint density at radius 3 is 2.74 bits per heavy atom. The van der Waals surface area contributed by atoms with Gasteiger partial charge in [-0.1, -0.05) is 27.7 Å². The van der Waals surface area contributed by atoms with Gasteiger partial charge in [-0.15, -0.1) is 0 Å². The summed E-state index contributed by atoms with van der Waals surface area (Å²) >= 11 is 0. The molecular formula is C15H27N3O. The molecule has 0 saturated heterocycles. The number of carbonyl (C=O) groups excluding carboxylic acids is 1. The van der Waals surface area contributed by atoms with Crippen LogP contribution in [0, 0.1) is 5.41 Å². The highest BCUT2D eigenvalue weighted by atomic mass is 16.1. The molecule has 0 spiro atoms. The average molecular weight is 265 g/mol. The van der Waals surface area contributed by atoms with Gasteiger partial charge in [-0.2, -0.15) is 0 Å². The van der Waals surface area contributed by atoms with Crippen LogP contribution in [0.4, 0.5) is 0 Å². The Bertz CT molecular complexity index is 404. The van der Waals surface area contributed by atoms with Gasteiger partial charge in [-0.05, 0) is 18.3 Å². The van der Waals surface area contributed by atoms with Crippen LogP contribution in [0.1, 0.15) is 52.8 Å². The lowest BCUT2D eigenvalue weighted by Gasteiger charge is -2.22. The molecule has 0 aliphatic rings. The minimum absolute atomic E-state index is 0.0536. The summed E-state index contributed by atoms with van der Waals surface area (Å²) < 4.78 is 2.05. The van der Waals surface area contributed by atoms with Gasteiger partial charge in [0.2, 0.25) is 0 Å². The Hall–Kier alpha value is -1.16. The van der Waals surface area contributed by atoms with Crippen LogP contribution >= 0.6 is 0 Å². The van der Waals surface area contributed by atoms with E-state index in [9.17, 15) is 4.79 Å². The molecule has 4 nitrogen and oxygen atoms in total. The van der Waals surface area contributed by atoms with Gasteiger partial charge in [0, 0.05) is 31.4 Å². The van der Waals surface area contributed by atoms with Gasteiger partial charge in [-0.3, -0.25) is 4.79 Å². The molecule has 1 rings (SSSR count). The monoisotopic (exact) mass is 265 g/mol. The predicted molar refractivity (Wildman–Crippen MR) is 77.9 cm³/mol. The lowest BCUT2D eigenvalue weighted by Crippen LogP contribution is -2.29. The summed E-state index contributed by atoms with van der Waals surface area (Å²) in [5, 5.41) is 0. The van der Waals surface area contributed by atoms with Crippen molar-refractivity contribution >= 4 is 5.78 Å². The van der Waals surface area contributed by atoms with Crippen molar-refractivity contribution in [3.63, 3.8) is 0 Å². The normalized spacial score (nSPS) is 13.5. The van der Waals surface area contributed by atoms with Crippen molar-refractivity contribution in [3.05, 3.63) is 18.2 Å². The topological polar surface area (TPSA) is 60.9 Å². The number of carbonyl (C=O) groups is 1. The summed E-state index contributed by atoms with van der Waals surface area (Å²) in [6.07, 6.45) is 6.43. The number of hydrogen-bond acceptors (Lipinski definition) is 3. The Morgan fingerprint density at radius 1 is 1.47 bits per heavy atom. The summed E-state index contributed by atoms with van der Waals surface area (Å²) in [6.45, 7) is 9.46. The lowest BCUT2D eigenvalue weighted by molar-refractivity contribution is -0.119. The van der Waals surface area contributed by atoms with Crippen molar-refractivity contribution in [2.45, 2.75) is 66.0 Å². The maximum absolute atomic E-state index is 12.0. The summed E-state index contributed by atoms with van der Waals surface area (Å²) in [5.74, 6) is 1.04. The van der Waals surface area contributed by atoms with Crippen molar-refractivity contribution in [1.82, 2.24) is 9.55 Å². The van der Waals surface area contributed by atoms with Crippen LogP contribution in [0.15, 0.2) is 12.4 Å². The van der Waals surface area contributed by atoms with Gasteiger partial charge < -0.3 is 10.3 Å². The second-order valence-electron chi connectivity index (χ2n) is 6.48. The van der Waals surface area contributed by atoms with Crippen molar-refractivity contribution in [1.29, 1.82) is 0 Å². The third kappa shape index (κ3) is 6.01. The Kier molecular flexibility index (Phi) is 5.73. The van der Waals surface area contributed by atoms with Crippen LogP contribution in [0.5, 0.6) is 0 Å². The van der Waals surface area contributed by atoms with Crippen LogP contribution in [0.2, 0.25) is 0 Å². The summed E-state index contributed by atoms with van der Waals surface area (Å²) in [4.78, 5) is 16.3. The zero-order chi connectivity index (χ0) is 14.5. The number of rotatable bonds is 7. The number of imidazole rings is 1. The molecule has 1 aromatic rings. The number of aromatic nitrogens is 2. The number of hydrogen-bond donors (Lipinski definition) is 1. The van der Waals surface area contributed by atoms with E-state index in [1.807, 2.05) is 10.8 Å². The highest BCUT2D eigenvalue weighted by Crippen LogP contribution is 2.21. The molecule has 0 radical (unpaired) electrons. The first-order valence-electron chi connectivity index (χ1n) is 7.09. The molecule has 0 aliphatic carbocycles. The van der Waals surface area contributed by atoms with E-state index in [0.29, 0.717) is 12.8 Å². The van der Waals surface area contributed by atoms with Crippen LogP contribution in [-0.4, -0.2) is 21.4 Å². The molecule has 19 heavy (non-hydrogen) atoms. The number of ketones is 1. The SMILES string of the molecule is CCCn1ccnc1CC(=O)CC(N)CC(C)(C)C. The van der Waals surface area contributed by atoms with Crippen LogP contribution in [0.3, 0.4) is 0 Å². The molecule has 4 heteroatoms. The number of aryl methyl sites for hydroxylation is 1.